The number of rotatable bonds is 1. The number of hydrogen-bond acceptors (Lipinski definition) is 2. The molecule has 0 bridgehead atoms. The van der Waals surface area contributed by atoms with E-state index < -0.39 is 6.10 Å². The van der Waals surface area contributed by atoms with Gasteiger partial charge in [0.1, 0.15) is 17.7 Å². The van der Waals surface area contributed by atoms with Gasteiger partial charge in [-0.05, 0) is 42.3 Å². The molecule has 1 heterocycles. The minimum Gasteiger partial charge on any atom is -0.485 e. The average Bonchev–Trinajstić information content (AvgIpc) is 2.42. The van der Waals surface area contributed by atoms with Crippen LogP contribution in [-0.4, -0.2) is 5.11 Å². The van der Waals surface area contributed by atoms with Crippen molar-refractivity contribution in [2.24, 2.45) is 0 Å². The van der Waals surface area contributed by atoms with Crippen LogP contribution in [0.5, 0.6) is 5.75 Å². The topological polar surface area (TPSA) is 29.5 Å². The Morgan fingerprint density at radius 3 is 2.80 bits per heavy atom. The fourth-order valence-electron chi connectivity index (χ4n) is 2.49. The zero-order valence-corrected chi connectivity index (χ0v) is 12.5. The lowest BCUT2D eigenvalue weighted by atomic mass is 9.94. The van der Waals surface area contributed by atoms with Gasteiger partial charge in [0.2, 0.25) is 0 Å². The molecule has 1 N–H and O–H groups in total. The first-order valence-corrected chi connectivity index (χ1v) is 7.24. The Balaban J connectivity index is 1.94. The molecule has 0 amide bonds. The summed E-state index contributed by atoms with van der Waals surface area (Å²) in [5.41, 5.74) is 2.65. The van der Waals surface area contributed by atoms with Gasteiger partial charge in [0.15, 0.2) is 0 Å². The highest BCUT2D eigenvalue weighted by molar-refractivity contribution is 9.10. The molecule has 2 aromatic rings. The molecule has 0 radical (unpaired) electrons. The lowest BCUT2D eigenvalue weighted by Gasteiger charge is -2.30. The van der Waals surface area contributed by atoms with Crippen LogP contribution < -0.4 is 4.74 Å². The van der Waals surface area contributed by atoms with Crippen molar-refractivity contribution in [3.8, 4) is 5.75 Å². The largest absolute Gasteiger partial charge is 0.485 e. The van der Waals surface area contributed by atoms with Crippen LogP contribution in [0.1, 0.15) is 35.3 Å². The predicted octanol–water partition coefficient (Wildman–Crippen LogP) is 4.45. The van der Waals surface area contributed by atoms with E-state index in [1.807, 2.05) is 25.1 Å². The second kappa shape index (κ2) is 5.19. The first kappa shape index (κ1) is 13.6. The summed E-state index contributed by atoms with van der Waals surface area (Å²) in [6.45, 7) is 2.01. The Morgan fingerprint density at radius 2 is 2.05 bits per heavy atom. The molecule has 0 spiro atoms. The number of aliphatic hydroxyl groups is 1. The molecule has 2 atom stereocenters. The quantitative estimate of drug-likeness (QED) is 0.833. The van der Waals surface area contributed by atoms with E-state index in [0.717, 1.165) is 15.6 Å². The van der Waals surface area contributed by atoms with Crippen molar-refractivity contribution >= 4 is 15.9 Å². The van der Waals surface area contributed by atoms with Gasteiger partial charge >= 0.3 is 0 Å². The lowest BCUT2D eigenvalue weighted by Crippen LogP contribution is -2.19. The number of benzene rings is 2. The van der Waals surface area contributed by atoms with Gasteiger partial charge in [0.05, 0.1) is 6.10 Å². The molecular weight excluding hydrogens is 323 g/mol. The average molecular weight is 337 g/mol. The third kappa shape index (κ3) is 2.45. The van der Waals surface area contributed by atoms with Crippen molar-refractivity contribution in [1.82, 2.24) is 0 Å². The Labute approximate surface area is 125 Å². The van der Waals surface area contributed by atoms with Crippen molar-refractivity contribution in [3.05, 3.63) is 63.4 Å². The molecule has 104 valence electrons. The molecule has 1 aliphatic heterocycles. The van der Waals surface area contributed by atoms with Crippen molar-refractivity contribution < 1.29 is 14.2 Å². The minimum atomic E-state index is -0.705. The zero-order chi connectivity index (χ0) is 14.3. The summed E-state index contributed by atoms with van der Waals surface area (Å²) >= 11 is 3.47. The number of halogens is 2. The maximum absolute atomic E-state index is 13.2. The Morgan fingerprint density at radius 1 is 1.25 bits per heavy atom. The van der Waals surface area contributed by atoms with Gasteiger partial charge in [0.25, 0.3) is 0 Å². The van der Waals surface area contributed by atoms with E-state index in [4.69, 9.17) is 4.74 Å². The second-order valence-electron chi connectivity index (χ2n) is 5.05. The van der Waals surface area contributed by atoms with Gasteiger partial charge in [-0.15, -0.1) is 0 Å². The molecule has 4 heteroatoms. The minimum absolute atomic E-state index is 0.213. The van der Waals surface area contributed by atoms with Crippen molar-refractivity contribution in [2.75, 3.05) is 0 Å². The Kier molecular flexibility index (Phi) is 3.52. The highest BCUT2D eigenvalue weighted by Crippen LogP contribution is 2.41. The molecule has 20 heavy (non-hydrogen) atoms. The molecule has 2 aromatic carbocycles. The van der Waals surface area contributed by atoms with Crippen LogP contribution in [0, 0.1) is 12.7 Å². The normalized spacial score (nSPS) is 21.2. The fraction of sp³-hybridized carbons (Fsp3) is 0.250. The van der Waals surface area contributed by atoms with E-state index in [-0.39, 0.29) is 11.9 Å². The van der Waals surface area contributed by atoms with Gasteiger partial charge in [-0.3, -0.25) is 0 Å². The van der Waals surface area contributed by atoms with Crippen LogP contribution >= 0.6 is 15.9 Å². The second-order valence-corrected chi connectivity index (χ2v) is 5.90. The van der Waals surface area contributed by atoms with E-state index in [0.29, 0.717) is 17.7 Å². The van der Waals surface area contributed by atoms with Crippen LogP contribution in [0.2, 0.25) is 0 Å². The number of ether oxygens (including phenoxy) is 1. The van der Waals surface area contributed by atoms with E-state index in [9.17, 15) is 9.50 Å². The Hall–Kier alpha value is -1.39. The van der Waals surface area contributed by atoms with Crippen LogP contribution in [0.15, 0.2) is 40.9 Å². The molecular formula is C16H14BrFO2. The van der Waals surface area contributed by atoms with Gasteiger partial charge in [-0.2, -0.15) is 0 Å². The predicted molar refractivity (Wildman–Crippen MR) is 78.2 cm³/mol. The van der Waals surface area contributed by atoms with Crippen LogP contribution in [-0.2, 0) is 0 Å². The summed E-state index contributed by atoms with van der Waals surface area (Å²) in [6, 6.07) is 10.2. The summed E-state index contributed by atoms with van der Waals surface area (Å²) < 4.78 is 20.2. The summed E-state index contributed by atoms with van der Waals surface area (Å²) in [5.74, 6) is 0.194. The van der Waals surface area contributed by atoms with Crippen LogP contribution in [0.3, 0.4) is 0 Å². The van der Waals surface area contributed by atoms with E-state index in [2.05, 4.69) is 15.9 Å². The van der Waals surface area contributed by atoms with Crippen molar-refractivity contribution in [2.45, 2.75) is 25.6 Å². The van der Waals surface area contributed by atoms with Crippen molar-refractivity contribution in [1.29, 1.82) is 0 Å². The first-order valence-electron chi connectivity index (χ1n) is 6.45. The number of fused-ring (bicyclic) bond motifs is 1. The summed E-state index contributed by atoms with van der Waals surface area (Å²) in [7, 11) is 0. The molecule has 0 aromatic heterocycles. The highest BCUT2D eigenvalue weighted by Gasteiger charge is 2.28. The zero-order valence-electron chi connectivity index (χ0n) is 10.9. The molecule has 0 aliphatic carbocycles. The molecule has 0 fully saturated rings. The van der Waals surface area contributed by atoms with Gasteiger partial charge in [-0.1, -0.05) is 28.1 Å². The first-order chi connectivity index (χ1) is 9.54. The maximum atomic E-state index is 13.2. The highest BCUT2D eigenvalue weighted by atomic mass is 79.9. The molecule has 2 nitrogen and oxygen atoms in total. The molecule has 1 unspecified atom stereocenters. The molecule has 1 aliphatic rings. The van der Waals surface area contributed by atoms with Crippen molar-refractivity contribution in [3.63, 3.8) is 0 Å². The third-order valence-electron chi connectivity index (χ3n) is 3.59. The molecule has 3 rings (SSSR count). The third-order valence-corrected chi connectivity index (χ3v) is 4.48. The molecule has 0 saturated carbocycles. The summed E-state index contributed by atoms with van der Waals surface area (Å²) in [6.07, 6.45) is -0.490. The smallest absolute Gasteiger partial charge is 0.127 e. The van der Waals surface area contributed by atoms with Crippen LogP contribution in [0.4, 0.5) is 4.39 Å². The fourth-order valence-corrected chi connectivity index (χ4v) is 2.74. The summed E-state index contributed by atoms with van der Waals surface area (Å²) in [4.78, 5) is 0. The molecule has 0 saturated heterocycles. The van der Waals surface area contributed by atoms with Crippen LogP contribution in [0.25, 0.3) is 0 Å². The standard InChI is InChI=1S/C16H14BrFO2/c1-9-6-10(2-4-13(9)17)16-8-14(19)12-7-11(18)3-5-15(12)20-16/h2-7,14,16,19H,8H2,1H3/t14-,16?/m1/s1. The van der Waals surface area contributed by atoms with Gasteiger partial charge in [-0.25, -0.2) is 4.39 Å². The monoisotopic (exact) mass is 336 g/mol. The number of hydrogen-bond donors (Lipinski definition) is 1. The SMILES string of the molecule is Cc1cc(C2C[C@@H](O)c3cc(F)ccc3O2)ccc1Br. The Bertz CT molecular complexity index is 657. The van der Waals surface area contributed by atoms with E-state index in [1.54, 1.807) is 6.07 Å². The summed E-state index contributed by atoms with van der Waals surface area (Å²) in [5, 5.41) is 10.2. The van der Waals surface area contributed by atoms with Gasteiger partial charge in [0, 0.05) is 16.5 Å². The van der Waals surface area contributed by atoms with E-state index in [1.165, 1.54) is 12.1 Å². The number of aryl methyl sites for hydroxylation is 1. The van der Waals surface area contributed by atoms with Gasteiger partial charge < -0.3 is 9.84 Å². The maximum Gasteiger partial charge on any atom is 0.127 e. The number of aliphatic hydroxyl groups excluding tert-OH is 1. The van der Waals surface area contributed by atoms with E-state index >= 15 is 0 Å². The lowest BCUT2D eigenvalue weighted by molar-refractivity contribution is 0.0653.